The minimum atomic E-state index is -7.22. The Kier molecular flexibility index (Phi) is 13.6. The number of rotatable bonds is 8. The first-order chi connectivity index (χ1) is 33.0. The van der Waals surface area contributed by atoms with E-state index < -0.39 is 144 Å². The summed E-state index contributed by atoms with van der Waals surface area (Å²) in [6, 6.07) is 29.8. The van der Waals surface area contributed by atoms with Crippen molar-refractivity contribution < 1.29 is 97.2 Å². The highest BCUT2D eigenvalue weighted by Gasteiger charge is 2.52. The molecule has 8 aromatic rings. The van der Waals surface area contributed by atoms with Crippen molar-refractivity contribution in [3.05, 3.63) is 230 Å². The van der Waals surface area contributed by atoms with Crippen molar-refractivity contribution in [1.82, 2.24) is 0 Å². The zero-order valence-electron chi connectivity index (χ0n) is 33.9. The molecule has 360 valence electrons. The molecule has 0 unspecified atom stereocenters. The molecule has 0 bridgehead atoms. The zero-order valence-corrected chi connectivity index (χ0v) is 33.9. The predicted molar refractivity (Wildman–Crippen MR) is 209 cm³/mol. The third-order valence-electron chi connectivity index (χ3n) is 11.1. The van der Waals surface area contributed by atoms with Crippen LogP contribution in [0, 0.1) is 116 Å². The van der Waals surface area contributed by atoms with Crippen LogP contribution in [0.4, 0.5) is 87.8 Å². The summed E-state index contributed by atoms with van der Waals surface area (Å²) in [6.07, 6.45) is -5.21. The molecule has 0 aliphatic rings. The lowest BCUT2D eigenvalue weighted by Gasteiger charge is -2.44. The van der Waals surface area contributed by atoms with E-state index in [2.05, 4.69) is 18.2 Å². The number of halogens is 20. The average Bonchev–Trinajstić information content (AvgIpc) is 3.36. The fraction of sp³-hybridized carbons (Fsp3) is 0.0213. The van der Waals surface area contributed by atoms with Crippen molar-refractivity contribution >= 4 is 44.6 Å². The number of nitrogens with zero attached hydrogens (tertiary/aromatic N) is 1. The lowest BCUT2D eigenvalue weighted by Crippen LogP contribution is -2.81. The van der Waals surface area contributed by atoms with Gasteiger partial charge in [0.15, 0.2) is 82.5 Å². The van der Waals surface area contributed by atoms with Crippen LogP contribution in [0.5, 0.6) is 0 Å². The number of ketones is 1. The molecule has 0 fully saturated rings. The van der Waals surface area contributed by atoms with Gasteiger partial charge in [-0.2, -0.15) is 4.57 Å². The fourth-order valence-electron chi connectivity index (χ4n) is 8.02. The maximum absolute atomic E-state index is 15.4. The number of aromatic nitrogens is 1. The van der Waals surface area contributed by atoms with Crippen molar-refractivity contribution in [2.75, 3.05) is 0 Å². The highest BCUT2D eigenvalue weighted by Crippen LogP contribution is 2.31. The molecule has 1 heterocycles. The van der Waals surface area contributed by atoms with Gasteiger partial charge in [0.25, 0.3) is 11.5 Å². The topological polar surface area (TPSA) is 20.9 Å². The minimum Gasteiger partial charge on any atom is -0.282 e. The number of fused-ring (bicyclic) bond motifs is 1. The summed E-state index contributed by atoms with van der Waals surface area (Å²) in [4.78, 5) is 13.3. The normalized spacial score (nSPS) is 11.5. The van der Waals surface area contributed by atoms with Gasteiger partial charge in [0.1, 0.15) is 52.7 Å². The molecule has 0 saturated carbocycles. The Balaban J connectivity index is 0.000000242. The molecule has 0 radical (unpaired) electrons. The average molecular weight is 1000 g/mol. The lowest BCUT2D eigenvalue weighted by atomic mass is 9.12. The minimum absolute atomic E-state index is 0.0494. The van der Waals surface area contributed by atoms with Crippen LogP contribution in [0.25, 0.3) is 10.8 Å². The maximum atomic E-state index is 15.4. The Morgan fingerprint density at radius 3 is 0.971 bits per heavy atom. The summed E-state index contributed by atoms with van der Waals surface area (Å²) in [7, 11) is 0. The first-order valence-electron chi connectivity index (χ1n) is 19.3. The van der Waals surface area contributed by atoms with Crippen LogP contribution in [-0.4, -0.2) is 11.9 Å². The van der Waals surface area contributed by atoms with Gasteiger partial charge in [-0.05, 0) is 11.5 Å². The van der Waals surface area contributed by atoms with Crippen molar-refractivity contribution in [1.29, 1.82) is 0 Å². The molecule has 0 amide bonds. The highest BCUT2D eigenvalue weighted by atomic mass is 19.2. The van der Waals surface area contributed by atoms with Gasteiger partial charge in [-0.15, -0.1) is 21.9 Å². The Labute approximate surface area is 378 Å². The summed E-state index contributed by atoms with van der Waals surface area (Å²) in [5.74, 6) is -71.4. The van der Waals surface area contributed by atoms with Crippen molar-refractivity contribution in [2.45, 2.75) is 6.54 Å². The van der Waals surface area contributed by atoms with E-state index in [9.17, 15) is 57.5 Å². The second-order valence-electron chi connectivity index (χ2n) is 14.9. The van der Waals surface area contributed by atoms with E-state index in [4.69, 9.17) is 0 Å². The van der Waals surface area contributed by atoms with E-state index in [0.717, 1.165) is 16.5 Å². The van der Waals surface area contributed by atoms with Crippen LogP contribution >= 0.6 is 0 Å². The van der Waals surface area contributed by atoms with E-state index >= 15 is 35.1 Å². The van der Waals surface area contributed by atoms with Crippen molar-refractivity contribution in [3.63, 3.8) is 0 Å². The van der Waals surface area contributed by atoms with Gasteiger partial charge in [0.05, 0.1) is 5.39 Å². The zero-order chi connectivity index (χ0) is 51.4. The monoisotopic (exact) mass is 1000 g/mol. The number of hydrogen-bond donors (Lipinski definition) is 0. The van der Waals surface area contributed by atoms with Gasteiger partial charge in [0.2, 0.25) is 0 Å². The number of pyridine rings is 1. The summed E-state index contributed by atoms with van der Waals surface area (Å²) in [6.45, 7) is 0.666. The van der Waals surface area contributed by atoms with Gasteiger partial charge in [-0.1, -0.05) is 78.9 Å². The second kappa shape index (κ2) is 19.0. The summed E-state index contributed by atoms with van der Waals surface area (Å²) in [5, 5.41) is 2.06. The van der Waals surface area contributed by atoms with Gasteiger partial charge in [0, 0.05) is 17.2 Å². The van der Waals surface area contributed by atoms with Crippen LogP contribution in [0.1, 0.15) is 21.6 Å². The molecular formula is C47H18BF20NO. The number of hydrogen-bond acceptors (Lipinski definition) is 1. The lowest BCUT2D eigenvalue weighted by molar-refractivity contribution is -0.688. The van der Waals surface area contributed by atoms with Gasteiger partial charge in [-0.3, -0.25) is 4.79 Å². The Hall–Kier alpha value is -7.72. The van der Waals surface area contributed by atoms with Gasteiger partial charge >= 0.3 is 0 Å². The van der Waals surface area contributed by atoms with Gasteiger partial charge in [-0.25, -0.2) is 87.8 Å². The molecule has 0 spiro atoms. The molecule has 0 atom stereocenters. The Bertz CT molecular complexity index is 3050. The molecule has 0 aliphatic carbocycles. The van der Waals surface area contributed by atoms with Crippen LogP contribution < -0.4 is 26.4 Å². The molecule has 70 heavy (non-hydrogen) atoms. The molecule has 7 aromatic carbocycles. The van der Waals surface area contributed by atoms with E-state index in [1.807, 2.05) is 83.6 Å². The highest BCUT2D eigenvalue weighted by molar-refractivity contribution is 7.20. The molecule has 0 aliphatic heterocycles. The van der Waals surface area contributed by atoms with Crippen LogP contribution in [0.3, 0.4) is 0 Å². The second-order valence-corrected chi connectivity index (χ2v) is 14.9. The molecule has 0 saturated heterocycles. The van der Waals surface area contributed by atoms with Crippen LogP contribution in [0.2, 0.25) is 0 Å². The van der Waals surface area contributed by atoms with Crippen LogP contribution in [-0.2, 0) is 6.54 Å². The fourth-order valence-corrected chi connectivity index (χ4v) is 8.02. The number of carbonyl (C=O) groups is 1. The number of carbonyl (C=O) groups excluding carboxylic acids is 1. The first kappa shape index (κ1) is 50.2. The van der Waals surface area contributed by atoms with Crippen molar-refractivity contribution in [2.24, 2.45) is 0 Å². The molecular weight excluding hydrogens is 985 g/mol. The first-order valence-corrected chi connectivity index (χ1v) is 19.3. The molecule has 1 aromatic heterocycles. The summed E-state index contributed by atoms with van der Waals surface area (Å²) < 4.78 is 296. The van der Waals surface area contributed by atoms with Crippen LogP contribution in [0.15, 0.2) is 97.2 Å². The molecule has 0 N–H and O–H groups in total. The van der Waals surface area contributed by atoms with Crippen molar-refractivity contribution in [3.8, 4) is 0 Å². The van der Waals surface area contributed by atoms with E-state index in [0.29, 0.717) is 12.1 Å². The standard InChI is InChI=1S/C24BF20.C23H18NO/c26-5-1(6(27)14(35)21(42)13(5)34)25(2-7(28)15(36)22(43)16(37)8(2)29,3-9(30)17(38)23(44)18(39)10(3)31)4-11(32)19(40)24(45)20(41)12(4)33;25-23(20-12-5-2-6-13-20)22-21-14-8-7-11-19(21)15-16-24(22)17-18-9-3-1-4-10-18/h;1-16H,17H2/q-1;+1. The Morgan fingerprint density at radius 1 is 0.343 bits per heavy atom. The quantitative estimate of drug-likeness (QED) is 0.0371. The van der Waals surface area contributed by atoms with Gasteiger partial charge < -0.3 is 0 Å². The third-order valence-corrected chi connectivity index (χ3v) is 11.1. The summed E-state index contributed by atoms with van der Waals surface area (Å²) in [5.41, 5.74) is -11.7. The maximum Gasteiger partial charge on any atom is 0.261 e. The van der Waals surface area contributed by atoms with E-state index in [-0.39, 0.29) is 5.78 Å². The summed E-state index contributed by atoms with van der Waals surface area (Å²) >= 11 is 0. The molecule has 2 nitrogen and oxygen atoms in total. The molecule has 23 heteroatoms. The SMILES string of the molecule is Fc1c(F)c(F)c([B-](c2c(F)c(F)c(F)c(F)c2F)(c2c(F)c(F)c(F)c(F)c2F)c2c(F)c(F)c(F)c(F)c2F)c(F)c1F.O=C(c1ccccc1)c1c2ccccc2cc[n+]1Cc1ccccc1. The predicted octanol–water partition coefficient (Wildman–Crippen LogP) is 10.3. The largest absolute Gasteiger partial charge is 0.282 e. The third kappa shape index (κ3) is 7.85. The smallest absolute Gasteiger partial charge is 0.261 e. The number of benzene rings is 7. The molecule has 8 rings (SSSR count). The van der Waals surface area contributed by atoms with E-state index in [1.54, 1.807) is 0 Å². The Morgan fingerprint density at radius 2 is 0.629 bits per heavy atom. The van der Waals surface area contributed by atoms with E-state index in [1.165, 1.54) is 5.56 Å².